The van der Waals surface area contributed by atoms with Gasteiger partial charge in [0.15, 0.2) is 6.29 Å². The van der Waals surface area contributed by atoms with Gasteiger partial charge in [-0.15, -0.1) is 0 Å². The fourth-order valence-electron chi connectivity index (χ4n) is 12.2. The zero-order valence-electron chi connectivity index (χ0n) is 28.6. The quantitative estimate of drug-likeness (QED) is 0.202. The van der Waals surface area contributed by atoms with E-state index in [1.807, 2.05) is 0 Å². The minimum absolute atomic E-state index is 0.00381. The summed E-state index contributed by atoms with van der Waals surface area (Å²) in [4.78, 5) is 26.1. The van der Waals surface area contributed by atoms with Gasteiger partial charge >= 0.3 is 0 Å². The van der Waals surface area contributed by atoms with E-state index in [0.29, 0.717) is 38.5 Å². The van der Waals surface area contributed by atoms with Crippen LogP contribution in [-0.2, 0) is 19.1 Å². The molecule has 0 bridgehead atoms. The Morgan fingerprint density at radius 1 is 0.872 bits per heavy atom. The fourth-order valence-corrected chi connectivity index (χ4v) is 12.2. The lowest BCUT2D eigenvalue weighted by atomic mass is 9.33. The third-order valence-electron chi connectivity index (χ3n) is 15.2. The van der Waals surface area contributed by atoms with Gasteiger partial charge in [-0.05, 0) is 97.2 Å². The summed E-state index contributed by atoms with van der Waals surface area (Å²) in [7, 11) is 0. The lowest BCUT2D eigenvalue weighted by molar-refractivity contribution is -0.366. The van der Waals surface area contributed by atoms with Gasteiger partial charge in [-0.2, -0.15) is 0 Å². The molecule has 5 N–H and O–H groups in total. The van der Waals surface area contributed by atoms with Crippen molar-refractivity contribution in [1.82, 2.24) is 0 Å². The summed E-state index contributed by atoms with van der Waals surface area (Å²) in [5.41, 5.74) is -2.69. The Balaban J connectivity index is 1.36. The molecule has 5 aliphatic carbocycles. The second kappa shape index (κ2) is 11.2. The molecule has 0 radical (unpaired) electrons. The number of carbonyl (C=O) groups excluding carboxylic acids is 2. The van der Waals surface area contributed by atoms with Crippen molar-refractivity contribution in [3.63, 3.8) is 0 Å². The first-order chi connectivity index (χ1) is 21.7. The predicted molar refractivity (Wildman–Crippen MR) is 163 cm³/mol. The van der Waals surface area contributed by atoms with Crippen molar-refractivity contribution in [2.75, 3.05) is 6.61 Å². The highest BCUT2D eigenvalue weighted by molar-refractivity contribution is 5.75. The van der Waals surface area contributed by atoms with Gasteiger partial charge in [0.2, 0.25) is 0 Å². The molecule has 266 valence electrons. The number of hydrogen-bond acceptors (Lipinski definition) is 11. The van der Waals surface area contributed by atoms with Crippen LogP contribution in [0.4, 0.5) is 0 Å². The molecule has 0 aromatic carbocycles. The molecule has 0 aromatic rings. The smallest absolute Gasteiger partial charge is 0.187 e. The summed E-state index contributed by atoms with van der Waals surface area (Å²) in [6.45, 7) is 11.9. The van der Waals surface area contributed by atoms with Crippen molar-refractivity contribution < 1.29 is 54.8 Å². The Morgan fingerprint density at radius 3 is 2.15 bits per heavy atom. The Bertz CT molecular complexity index is 1310. The topological polar surface area (TPSA) is 200 Å². The summed E-state index contributed by atoms with van der Waals surface area (Å²) in [6, 6.07) is 0. The van der Waals surface area contributed by atoms with Crippen LogP contribution in [0.15, 0.2) is 11.6 Å². The molecule has 1 saturated heterocycles. The minimum Gasteiger partial charge on any atom is -0.550 e. The average Bonchev–Trinajstić information content (AvgIpc) is 2.98. The summed E-state index contributed by atoms with van der Waals surface area (Å²) >= 11 is 0. The molecule has 0 unspecified atom stereocenters. The molecule has 47 heavy (non-hydrogen) atoms. The van der Waals surface area contributed by atoms with Crippen molar-refractivity contribution in [2.24, 2.45) is 50.2 Å². The fraction of sp³-hybridized carbons (Fsp3) is 0.889. The number of carboxylic acid groups (broad SMARTS) is 2. The molecule has 6 aliphatic rings. The third-order valence-corrected chi connectivity index (χ3v) is 15.2. The monoisotopic (exact) mass is 662 g/mol. The molecule has 0 spiro atoms. The highest BCUT2D eigenvalue weighted by atomic mass is 16.7. The zero-order valence-corrected chi connectivity index (χ0v) is 28.6. The molecule has 15 atom stereocenters. The minimum atomic E-state index is -1.75. The summed E-state index contributed by atoms with van der Waals surface area (Å²) in [5, 5.41) is 78.8. The molecule has 5 fully saturated rings. The maximum atomic E-state index is 13.2. The molecule has 0 aromatic heterocycles. The zero-order chi connectivity index (χ0) is 34.7. The maximum Gasteiger partial charge on any atom is 0.187 e. The van der Waals surface area contributed by atoms with Gasteiger partial charge < -0.3 is 54.8 Å². The van der Waals surface area contributed by atoms with E-state index in [9.17, 15) is 45.3 Å². The number of aliphatic hydroxyl groups excluding tert-OH is 5. The van der Waals surface area contributed by atoms with Crippen LogP contribution in [0.1, 0.15) is 99.3 Å². The normalized spacial score (nSPS) is 53.8. The number of ether oxygens (including phenoxy) is 2. The van der Waals surface area contributed by atoms with E-state index >= 15 is 0 Å². The van der Waals surface area contributed by atoms with E-state index in [1.165, 1.54) is 12.5 Å². The highest BCUT2D eigenvalue weighted by Crippen LogP contribution is 2.76. The van der Waals surface area contributed by atoms with Crippen LogP contribution in [0, 0.1) is 50.2 Å². The lowest BCUT2D eigenvalue weighted by Crippen LogP contribution is -2.71. The van der Waals surface area contributed by atoms with Gasteiger partial charge in [-0.1, -0.05) is 53.2 Å². The van der Waals surface area contributed by atoms with E-state index in [4.69, 9.17) is 9.47 Å². The van der Waals surface area contributed by atoms with Crippen molar-refractivity contribution in [1.29, 1.82) is 0 Å². The van der Waals surface area contributed by atoms with Gasteiger partial charge in [0, 0.05) is 16.8 Å². The largest absolute Gasteiger partial charge is 0.550 e. The molecule has 1 heterocycles. The molecule has 1 aliphatic heterocycles. The third kappa shape index (κ3) is 4.69. The van der Waals surface area contributed by atoms with E-state index < -0.39 is 83.6 Å². The number of aliphatic carboxylic acids is 2. The highest BCUT2D eigenvalue weighted by Gasteiger charge is 2.71. The van der Waals surface area contributed by atoms with Crippen molar-refractivity contribution in [3.05, 3.63) is 11.6 Å². The average molecular weight is 663 g/mol. The molecular weight excluding hydrogens is 608 g/mol. The lowest BCUT2D eigenvalue weighted by Gasteiger charge is -2.72. The number of aliphatic hydroxyl groups is 5. The first-order valence-corrected chi connectivity index (χ1v) is 17.5. The number of carbonyl (C=O) groups is 2. The van der Waals surface area contributed by atoms with Crippen molar-refractivity contribution in [3.8, 4) is 0 Å². The molecule has 4 saturated carbocycles. The van der Waals surface area contributed by atoms with Gasteiger partial charge in [0.25, 0.3) is 0 Å². The van der Waals surface area contributed by atoms with Crippen LogP contribution in [0.25, 0.3) is 0 Å². The van der Waals surface area contributed by atoms with Gasteiger partial charge in [0.05, 0.1) is 24.8 Å². The Morgan fingerprint density at radius 2 is 1.53 bits per heavy atom. The van der Waals surface area contributed by atoms with Gasteiger partial charge in [-0.3, -0.25) is 0 Å². The Hall–Kier alpha value is -1.60. The van der Waals surface area contributed by atoms with E-state index in [1.54, 1.807) is 0 Å². The van der Waals surface area contributed by atoms with Crippen LogP contribution >= 0.6 is 0 Å². The SMILES string of the molecule is CC1(C)CC[C@]2(C(=O)[O-])CC[C@]3(C)C(=CC[C@@H]4[C@@]5(C)C[C@H](O)[C@H](O[C@@H]6O[C@H](CO)[C@@H](O)[C@H](O)[C@H]6O)[C@@](C)(C(=O)[O-])[C@@H]5CC[C@]43C)[C@@H]2C1. The first-order valence-electron chi connectivity index (χ1n) is 17.5. The molecule has 6 rings (SSSR count). The van der Waals surface area contributed by atoms with E-state index in [0.717, 1.165) is 12.8 Å². The number of carboxylic acids is 2. The Kier molecular flexibility index (Phi) is 8.40. The molecular formula is C36H54O11-2. The Labute approximate surface area is 277 Å². The number of allylic oxidation sites excluding steroid dienone is 2. The summed E-state index contributed by atoms with van der Waals surface area (Å²) < 4.78 is 11.6. The van der Waals surface area contributed by atoms with Crippen LogP contribution in [0.5, 0.6) is 0 Å². The summed E-state index contributed by atoms with van der Waals surface area (Å²) in [5.74, 6) is -3.00. The van der Waals surface area contributed by atoms with Gasteiger partial charge in [0.1, 0.15) is 24.4 Å². The molecule has 11 nitrogen and oxygen atoms in total. The van der Waals surface area contributed by atoms with Crippen LogP contribution in [-0.4, -0.2) is 87.0 Å². The van der Waals surface area contributed by atoms with Crippen LogP contribution < -0.4 is 10.2 Å². The standard InChI is InChI=1S/C36H56O11/c1-31(2)11-13-36(30(44)45)14-12-33(4)18(19(36)15-31)7-8-22-32(3)16-20(38)27(35(6,29(42)43)23(32)9-10-34(22,33)5)47-28-26(41)25(40)24(39)21(17-37)46-28/h7,19-28,37-41H,8-17H2,1-6H3,(H,42,43)(H,44,45)/p-2/t19-,20-,21+,22+,23+,24+,25-,26+,27-,28-,32+,33+,34+,35-,36-/m0/s1. The van der Waals surface area contributed by atoms with Crippen LogP contribution in [0.3, 0.4) is 0 Å². The van der Waals surface area contributed by atoms with E-state index in [-0.39, 0.29) is 34.5 Å². The second-order valence-electron chi connectivity index (χ2n) is 17.8. The number of rotatable bonds is 5. The maximum absolute atomic E-state index is 13.2. The second-order valence-corrected chi connectivity index (χ2v) is 17.8. The predicted octanol–water partition coefficient (Wildman–Crippen LogP) is 0.424. The molecule has 11 heteroatoms. The molecule has 0 amide bonds. The first kappa shape index (κ1) is 35.2. The van der Waals surface area contributed by atoms with E-state index in [2.05, 4.69) is 40.7 Å². The van der Waals surface area contributed by atoms with Gasteiger partial charge in [-0.25, -0.2) is 0 Å². The van der Waals surface area contributed by atoms with Crippen molar-refractivity contribution in [2.45, 2.75) is 142 Å². The van der Waals surface area contributed by atoms with Crippen molar-refractivity contribution >= 4 is 11.9 Å². The van der Waals surface area contributed by atoms with Crippen LogP contribution in [0.2, 0.25) is 0 Å². The number of fused-ring (bicyclic) bond motifs is 7. The summed E-state index contributed by atoms with van der Waals surface area (Å²) in [6.07, 6.45) is -2.87. The number of hydrogen-bond donors (Lipinski definition) is 5.